The first kappa shape index (κ1) is 18.0. The minimum atomic E-state index is -0.410. The molecule has 1 fully saturated rings. The maximum absolute atomic E-state index is 6.11. The predicted octanol–water partition coefficient (Wildman–Crippen LogP) is 3.29. The van der Waals surface area contributed by atoms with Crippen LogP contribution in [0.4, 0.5) is 0 Å². The monoisotopic (exact) mass is 317 g/mol. The summed E-state index contributed by atoms with van der Waals surface area (Å²) in [4.78, 5) is 0. The molecule has 0 amide bonds. The summed E-state index contributed by atoms with van der Waals surface area (Å²) in [7, 11) is 1.28. The van der Waals surface area contributed by atoms with Crippen LogP contribution in [0.15, 0.2) is 17.6 Å². The molecule has 0 aliphatic carbocycles. The van der Waals surface area contributed by atoms with Crippen molar-refractivity contribution < 1.29 is 14.0 Å². The Morgan fingerprint density at radius 3 is 2.17 bits per heavy atom. The SMILES string of the molecule is COc1cc(C)c(C=C(CN)B2OC(C)(C)C(C)(C)O2)cc1C. The molecule has 1 aliphatic rings. The van der Waals surface area contributed by atoms with Crippen molar-refractivity contribution in [3.8, 4) is 5.75 Å². The molecule has 23 heavy (non-hydrogen) atoms. The van der Waals surface area contributed by atoms with E-state index in [0.717, 1.165) is 27.9 Å². The van der Waals surface area contributed by atoms with Gasteiger partial charge in [0.15, 0.2) is 0 Å². The third-order valence-electron chi connectivity index (χ3n) is 4.92. The summed E-state index contributed by atoms with van der Waals surface area (Å²) in [5.41, 5.74) is 9.52. The van der Waals surface area contributed by atoms with Crippen LogP contribution in [-0.2, 0) is 9.31 Å². The molecule has 1 saturated heterocycles. The quantitative estimate of drug-likeness (QED) is 0.866. The normalized spacial score (nSPS) is 20.0. The van der Waals surface area contributed by atoms with E-state index in [1.165, 1.54) is 0 Å². The number of aryl methyl sites for hydroxylation is 2. The lowest BCUT2D eigenvalue weighted by Gasteiger charge is -2.32. The molecule has 1 aromatic carbocycles. The molecule has 0 unspecified atom stereocenters. The van der Waals surface area contributed by atoms with Gasteiger partial charge in [-0.1, -0.05) is 6.08 Å². The summed E-state index contributed by atoms with van der Waals surface area (Å²) >= 11 is 0. The number of methoxy groups -OCH3 is 1. The number of ether oxygens (including phenoxy) is 1. The maximum Gasteiger partial charge on any atom is 0.491 e. The van der Waals surface area contributed by atoms with Gasteiger partial charge in [0.25, 0.3) is 0 Å². The van der Waals surface area contributed by atoms with Crippen LogP contribution in [0.2, 0.25) is 0 Å². The van der Waals surface area contributed by atoms with Crippen molar-refractivity contribution in [1.82, 2.24) is 0 Å². The fourth-order valence-electron chi connectivity index (χ4n) is 2.60. The molecule has 0 radical (unpaired) electrons. The lowest BCUT2D eigenvalue weighted by Crippen LogP contribution is -2.41. The molecule has 2 rings (SSSR count). The molecule has 0 spiro atoms. The van der Waals surface area contributed by atoms with Gasteiger partial charge in [-0.05, 0) is 75.8 Å². The van der Waals surface area contributed by atoms with Gasteiger partial charge in [-0.25, -0.2) is 0 Å². The van der Waals surface area contributed by atoms with Crippen LogP contribution in [0.3, 0.4) is 0 Å². The molecular formula is C18H28BNO3. The van der Waals surface area contributed by atoms with Crippen molar-refractivity contribution in [3.05, 3.63) is 34.3 Å². The van der Waals surface area contributed by atoms with Gasteiger partial charge >= 0.3 is 7.12 Å². The first-order valence-corrected chi connectivity index (χ1v) is 8.02. The van der Waals surface area contributed by atoms with Crippen LogP contribution in [0, 0.1) is 13.8 Å². The van der Waals surface area contributed by atoms with Crippen molar-refractivity contribution >= 4 is 13.2 Å². The maximum atomic E-state index is 6.11. The van der Waals surface area contributed by atoms with Crippen LogP contribution >= 0.6 is 0 Å². The minimum absolute atomic E-state index is 0.364. The van der Waals surface area contributed by atoms with E-state index in [9.17, 15) is 0 Å². The average molecular weight is 317 g/mol. The van der Waals surface area contributed by atoms with Crippen LogP contribution < -0.4 is 10.5 Å². The first-order chi connectivity index (χ1) is 10.6. The number of hydrogen-bond donors (Lipinski definition) is 1. The Hall–Kier alpha value is -1.30. The van der Waals surface area contributed by atoms with E-state index in [4.69, 9.17) is 19.8 Å². The molecule has 5 heteroatoms. The molecule has 0 saturated carbocycles. The second kappa shape index (κ2) is 6.31. The van der Waals surface area contributed by atoms with E-state index in [0.29, 0.717) is 6.54 Å². The van der Waals surface area contributed by atoms with Gasteiger partial charge in [-0.15, -0.1) is 0 Å². The summed E-state index contributed by atoms with van der Waals surface area (Å²) in [5, 5.41) is 0. The molecule has 0 aromatic heterocycles. The Morgan fingerprint density at radius 2 is 1.70 bits per heavy atom. The Morgan fingerprint density at radius 1 is 1.13 bits per heavy atom. The lowest BCUT2D eigenvalue weighted by molar-refractivity contribution is 0.00578. The van der Waals surface area contributed by atoms with Crippen molar-refractivity contribution in [2.24, 2.45) is 5.73 Å². The van der Waals surface area contributed by atoms with Crippen LogP contribution in [-0.4, -0.2) is 32.0 Å². The van der Waals surface area contributed by atoms with Crippen molar-refractivity contribution in [1.29, 1.82) is 0 Å². The van der Waals surface area contributed by atoms with E-state index in [1.54, 1.807) is 7.11 Å². The van der Waals surface area contributed by atoms with Gasteiger partial charge in [0.2, 0.25) is 0 Å². The highest BCUT2D eigenvalue weighted by molar-refractivity contribution is 6.55. The van der Waals surface area contributed by atoms with Gasteiger partial charge in [-0.3, -0.25) is 0 Å². The third-order valence-corrected chi connectivity index (χ3v) is 4.92. The number of benzene rings is 1. The zero-order valence-corrected chi connectivity index (χ0v) is 15.3. The zero-order chi connectivity index (χ0) is 17.4. The molecule has 2 N–H and O–H groups in total. The Labute approximate surface area is 140 Å². The standard InChI is InChI=1S/C18H28BNO3/c1-12-9-16(21-7)13(2)8-14(12)10-15(11-20)19-22-17(3,4)18(5,6)23-19/h8-10H,11,20H2,1-7H3. The Bertz CT molecular complexity index is 607. The van der Waals surface area contributed by atoms with Crippen LogP contribution in [0.1, 0.15) is 44.4 Å². The fourth-order valence-corrected chi connectivity index (χ4v) is 2.60. The van der Waals surface area contributed by atoms with E-state index < -0.39 is 7.12 Å². The van der Waals surface area contributed by atoms with Crippen molar-refractivity contribution in [2.45, 2.75) is 52.7 Å². The average Bonchev–Trinajstić information content (AvgIpc) is 2.67. The van der Waals surface area contributed by atoms with Crippen LogP contribution in [0.5, 0.6) is 5.75 Å². The molecule has 1 heterocycles. The van der Waals surface area contributed by atoms with Gasteiger partial charge in [0.05, 0.1) is 18.3 Å². The number of hydrogen-bond acceptors (Lipinski definition) is 4. The van der Waals surface area contributed by atoms with E-state index in [1.807, 2.05) is 40.7 Å². The van der Waals surface area contributed by atoms with Gasteiger partial charge in [0, 0.05) is 6.54 Å². The molecule has 4 nitrogen and oxygen atoms in total. The van der Waals surface area contributed by atoms with Crippen molar-refractivity contribution in [3.63, 3.8) is 0 Å². The molecule has 126 valence electrons. The summed E-state index contributed by atoms with van der Waals surface area (Å²) in [6.07, 6.45) is 2.07. The summed E-state index contributed by atoms with van der Waals surface area (Å²) in [5.74, 6) is 0.893. The van der Waals surface area contributed by atoms with E-state index in [2.05, 4.69) is 19.1 Å². The van der Waals surface area contributed by atoms with E-state index in [-0.39, 0.29) is 11.2 Å². The topological polar surface area (TPSA) is 53.7 Å². The molecule has 1 aliphatic heterocycles. The summed E-state index contributed by atoms with van der Waals surface area (Å²) < 4.78 is 17.6. The van der Waals surface area contributed by atoms with Crippen LogP contribution in [0.25, 0.3) is 6.08 Å². The molecule has 0 atom stereocenters. The van der Waals surface area contributed by atoms with Gasteiger partial charge in [-0.2, -0.15) is 0 Å². The highest BCUT2D eigenvalue weighted by Crippen LogP contribution is 2.38. The molecular weight excluding hydrogens is 289 g/mol. The summed E-state index contributed by atoms with van der Waals surface area (Å²) in [6.45, 7) is 12.7. The Balaban J connectivity index is 2.36. The second-order valence-electron chi connectivity index (χ2n) is 7.19. The Kier molecular flexibility index (Phi) is 4.95. The largest absolute Gasteiger partial charge is 0.496 e. The number of rotatable bonds is 4. The molecule has 1 aromatic rings. The first-order valence-electron chi connectivity index (χ1n) is 8.02. The smallest absolute Gasteiger partial charge is 0.491 e. The minimum Gasteiger partial charge on any atom is -0.496 e. The lowest BCUT2D eigenvalue weighted by atomic mass is 9.76. The van der Waals surface area contributed by atoms with Crippen molar-refractivity contribution in [2.75, 3.05) is 13.7 Å². The second-order valence-corrected chi connectivity index (χ2v) is 7.19. The highest BCUT2D eigenvalue weighted by atomic mass is 16.7. The van der Waals surface area contributed by atoms with Gasteiger partial charge in [0.1, 0.15) is 5.75 Å². The fraction of sp³-hybridized carbons (Fsp3) is 0.556. The third kappa shape index (κ3) is 3.47. The highest BCUT2D eigenvalue weighted by Gasteiger charge is 2.52. The number of nitrogens with two attached hydrogens (primary N) is 1. The van der Waals surface area contributed by atoms with E-state index >= 15 is 0 Å². The van der Waals surface area contributed by atoms with Gasteiger partial charge < -0.3 is 19.8 Å². The molecule has 0 bridgehead atoms. The predicted molar refractivity (Wildman–Crippen MR) is 95.6 cm³/mol. The zero-order valence-electron chi connectivity index (χ0n) is 15.3. The summed E-state index contributed by atoms with van der Waals surface area (Å²) in [6, 6.07) is 4.15.